The van der Waals surface area contributed by atoms with Gasteiger partial charge in [-0.05, 0) is 65.1 Å². The topological polar surface area (TPSA) is 43.4 Å². The Morgan fingerprint density at radius 2 is 2.17 bits per heavy atom. The van der Waals surface area contributed by atoms with Crippen molar-refractivity contribution in [2.75, 3.05) is 19.8 Å². The molecule has 128 valence electrons. The lowest BCUT2D eigenvalue weighted by molar-refractivity contribution is 0.295. The van der Waals surface area contributed by atoms with Gasteiger partial charge < -0.3 is 14.8 Å². The minimum Gasteiger partial charge on any atom is -0.490 e. The Balaban J connectivity index is 1.95. The highest BCUT2D eigenvalue weighted by Crippen LogP contribution is 2.37. The molecule has 2 rings (SSSR count). The second-order valence-corrected chi connectivity index (χ2v) is 6.08. The van der Waals surface area contributed by atoms with Gasteiger partial charge in [-0.2, -0.15) is 0 Å². The Morgan fingerprint density at radius 1 is 1.29 bits per heavy atom. The van der Waals surface area contributed by atoms with Crippen molar-refractivity contribution in [3.63, 3.8) is 0 Å². The van der Waals surface area contributed by atoms with Crippen LogP contribution in [-0.2, 0) is 13.0 Å². The molecule has 1 aromatic carbocycles. The molecule has 0 spiro atoms. The van der Waals surface area contributed by atoms with Gasteiger partial charge in [0.15, 0.2) is 11.5 Å². The summed E-state index contributed by atoms with van der Waals surface area (Å²) in [6.45, 7) is 8.33. The molecular weight excluding hydrogens is 368 g/mol. The van der Waals surface area contributed by atoms with Crippen molar-refractivity contribution < 1.29 is 9.47 Å². The smallest absolute Gasteiger partial charge is 0.175 e. The van der Waals surface area contributed by atoms with Crippen molar-refractivity contribution in [2.24, 2.45) is 0 Å². The first kappa shape index (κ1) is 18.5. The monoisotopic (exact) mass is 390 g/mol. The molecule has 24 heavy (non-hydrogen) atoms. The molecule has 1 heterocycles. The molecule has 0 fully saturated rings. The third-order valence-electron chi connectivity index (χ3n) is 3.36. The lowest BCUT2D eigenvalue weighted by atomic mass is 10.2. The van der Waals surface area contributed by atoms with Gasteiger partial charge in [-0.1, -0.05) is 18.7 Å². The molecule has 0 radical (unpaired) electrons. The zero-order valence-electron chi connectivity index (χ0n) is 13.9. The van der Waals surface area contributed by atoms with Gasteiger partial charge in [-0.3, -0.25) is 4.98 Å². The summed E-state index contributed by atoms with van der Waals surface area (Å²) in [5.41, 5.74) is 2.37. The molecule has 4 nitrogen and oxygen atoms in total. The average molecular weight is 391 g/mol. The highest BCUT2D eigenvalue weighted by molar-refractivity contribution is 9.10. The molecule has 0 aliphatic rings. The van der Waals surface area contributed by atoms with Gasteiger partial charge in [0, 0.05) is 18.9 Å². The minimum atomic E-state index is 0.446. The Morgan fingerprint density at radius 3 is 2.88 bits per heavy atom. The largest absolute Gasteiger partial charge is 0.490 e. The number of nitrogens with one attached hydrogen (secondary N) is 1. The molecule has 1 aromatic heterocycles. The van der Waals surface area contributed by atoms with E-state index in [0.29, 0.717) is 13.2 Å². The maximum Gasteiger partial charge on any atom is 0.175 e. The van der Waals surface area contributed by atoms with E-state index in [1.807, 2.05) is 25.3 Å². The van der Waals surface area contributed by atoms with Crippen molar-refractivity contribution >= 4 is 15.9 Å². The molecule has 0 aliphatic carbocycles. The van der Waals surface area contributed by atoms with Gasteiger partial charge in [0.1, 0.15) is 6.61 Å². The zero-order valence-corrected chi connectivity index (χ0v) is 15.5. The van der Waals surface area contributed by atoms with E-state index in [1.165, 1.54) is 5.56 Å². The molecule has 0 aliphatic heterocycles. The summed E-state index contributed by atoms with van der Waals surface area (Å²) in [6.07, 6.45) is 6.36. The van der Waals surface area contributed by atoms with E-state index in [1.54, 1.807) is 12.3 Å². The fraction of sp³-hybridized carbons (Fsp3) is 0.316. The van der Waals surface area contributed by atoms with Crippen molar-refractivity contribution in [2.45, 2.75) is 19.9 Å². The lowest BCUT2D eigenvalue weighted by Crippen LogP contribution is -2.17. The zero-order chi connectivity index (χ0) is 17.2. The van der Waals surface area contributed by atoms with Crippen molar-refractivity contribution in [3.8, 4) is 11.5 Å². The van der Waals surface area contributed by atoms with Crippen molar-refractivity contribution in [3.05, 3.63) is 64.9 Å². The SMILES string of the molecule is C=CCOc1c(Br)cc(CNCCc2cccnc2)cc1OCC. The molecule has 2 aromatic rings. The molecule has 0 bridgehead atoms. The Hall–Kier alpha value is -1.85. The van der Waals surface area contributed by atoms with Gasteiger partial charge in [-0.15, -0.1) is 0 Å². The second-order valence-electron chi connectivity index (χ2n) is 5.23. The van der Waals surface area contributed by atoms with Crippen LogP contribution in [0.25, 0.3) is 0 Å². The van der Waals surface area contributed by atoms with Crippen molar-refractivity contribution in [1.29, 1.82) is 0 Å². The van der Waals surface area contributed by atoms with Gasteiger partial charge >= 0.3 is 0 Å². The minimum absolute atomic E-state index is 0.446. The summed E-state index contributed by atoms with van der Waals surface area (Å²) in [4.78, 5) is 4.13. The van der Waals surface area contributed by atoms with Crippen molar-refractivity contribution in [1.82, 2.24) is 10.3 Å². The number of halogens is 1. The number of nitrogens with zero attached hydrogens (tertiary/aromatic N) is 1. The number of rotatable bonds is 10. The summed E-state index contributed by atoms with van der Waals surface area (Å²) in [5.74, 6) is 1.47. The Kier molecular flexibility index (Phi) is 7.79. The summed E-state index contributed by atoms with van der Waals surface area (Å²) >= 11 is 3.57. The summed E-state index contributed by atoms with van der Waals surface area (Å²) < 4.78 is 12.3. The molecule has 0 unspecified atom stereocenters. The number of aromatic nitrogens is 1. The highest BCUT2D eigenvalue weighted by Gasteiger charge is 2.11. The molecule has 0 amide bonds. The molecule has 0 atom stereocenters. The number of benzene rings is 1. The Bertz CT molecular complexity index is 647. The first-order chi connectivity index (χ1) is 11.7. The first-order valence-corrected chi connectivity index (χ1v) is 8.82. The molecule has 5 heteroatoms. The van der Waals surface area contributed by atoms with Gasteiger partial charge in [0.25, 0.3) is 0 Å². The maximum atomic E-state index is 5.71. The van der Waals surface area contributed by atoms with Gasteiger partial charge in [0.2, 0.25) is 0 Å². The van der Waals surface area contributed by atoms with E-state index in [-0.39, 0.29) is 0 Å². The fourth-order valence-corrected chi connectivity index (χ4v) is 2.88. The molecule has 0 saturated carbocycles. The summed E-state index contributed by atoms with van der Waals surface area (Å²) in [6, 6.07) is 8.12. The predicted molar refractivity (Wildman–Crippen MR) is 101 cm³/mol. The van der Waals surface area contributed by atoms with E-state index in [4.69, 9.17) is 9.47 Å². The molecule has 1 N–H and O–H groups in total. The Labute approximate surface area is 152 Å². The molecule has 0 saturated heterocycles. The summed E-state index contributed by atoms with van der Waals surface area (Å²) in [5, 5.41) is 3.45. The van der Waals surface area contributed by atoms with Crippen LogP contribution in [0.5, 0.6) is 11.5 Å². The first-order valence-electron chi connectivity index (χ1n) is 8.03. The van der Waals surface area contributed by atoms with E-state index in [9.17, 15) is 0 Å². The average Bonchev–Trinajstić information content (AvgIpc) is 2.59. The highest BCUT2D eigenvalue weighted by atomic mass is 79.9. The number of hydrogen-bond acceptors (Lipinski definition) is 4. The third-order valence-corrected chi connectivity index (χ3v) is 3.95. The lowest BCUT2D eigenvalue weighted by Gasteiger charge is -2.15. The quantitative estimate of drug-likeness (QED) is 0.488. The van der Waals surface area contributed by atoms with Crippen LogP contribution in [0.2, 0.25) is 0 Å². The van der Waals surface area contributed by atoms with Crippen LogP contribution >= 0.6 is 15.9 Å². The van der Waals surface area contributed by atoms with Crippen LogP contribution < -0.4 is 14.8 Å². The van der Waals surface area contributed by atoms with Gasteiger partial charge in [-0.25, -0.2) is 0 Å². The fourth-order valence-electron chi connectivity index (χ4n) is 2.28. The van der Waals surface area contributed by atoms with Gasteiger partial charge in [0.05, 0.1) is 11.1 Å². The van der Waals surface area contributed by atoms with Crippen LogP contribution in [0.3, 0.4) is 0 Å². The maximum absolute atomic E-state index is 5.71. The summed E-state index contributed by atoms with van der Waals surface area (Å²) in [7, 11) is 0. The molecular formula is C19H23BrN2O2. The second kappa shape index (κ2) is 10.1. The normalized spacial score (nSPS) is 10.4. The number of ether oxygens (including phenoxy) is 2. The van der Waals surface area contributed by atoms with E-state index < -0.39 is 0 Å². The van der Waals surface area contributed by atoms with Crippen LogP contribution in [0.15, 0.2) is 53.8 Å². The van der Waals surface area contributed by atoms with E-state index >= 15 is 0 Å². The van der Waals surface area contributed by atoms with Crippen LogP contribution in [-0.4, -0.2) is 24.7 Å². The van der Waals surface area contributed by atoms with E-state index in [0.717, 1.165) is 41.0 Å². The number of hydrogen-bond donors (Lipinski definition) is 1. The van der Waals surface area contributed by atoms with Crippen LogP contribution in [0.1, 0.15) is 18.1 Å². The number of pyridine rings is 1. The van der Waals surface area contributed by atoms with E-state index in [2.05, 4.69) is 44.9 Å². The predicted octanol–water partition coefficient (Wildman–Crippen LogP) is 4.14. The third kappa shape index (κ3) is 5.65. The van der Waals surface area contributed by atoms with Crippen LogP contribution in [0.4, 0.5) is 0 Å². The standard InChI is InChI=1S/C19H23BrN2O2/c1-3-10-24-19-17(20)11-16(12-18(19)23-4-2)14-22-9-7-15-6-5-8-21-13-15/h3,5-6,8,11-13,22H,1,4,7,9-10,14H2,2H3. The van der Waals surface area contributed by atoms with Crippen LogP contribution in [0, 0.1) is 0 Å².